The number of anilines is 6. The lowest BCUT2D eigenvalue weighted by atomic mass is 10.3. The minimum atomic E-state index is -3.97. The molecular weight excluding hydrogens is 600 g/mol. The van der Waals surface area contributed by atoms with E-state index in [1.165, 1.54) is 31.4 Å². The number of nitrogens with one attached hydrogen (secondary N) is 4. The molecule has 6 N–H and O–H groups in total. The summed E-state index contributed by atoms with van der Waals surface area (Å²) in [5.74, 6) is 0.636. The molecule has 0 aliphatic rings. The summed E-state index contributed by atoms with van der Waals surface area (Å²) >= 11 is 0. The zero-order valence-corrected chi connectivity index (χ0v) is 25.1. The van der Waals surface area contributed by atoms with E-state index in [0.717, 1.165) is 0 Å². The molecule has 0 unspecified atom stereocenters. The highest BCUT2D eigenvalue weighted by atomic mass is 32.2. The summed E-state index contributed by atoms with van der Waals surface area (Å²) in [6.45, 7) is 3.49. The van der Waals surface area contributed by atoms with E-state index in [4.69, 9.17) is 15.2 Å². The van der Waals surface area contributed by atoms with Crippen molar-refractivity contribution in [2.45, 2.75) is 18.7 Å². The number of rotatable bonds is 10. The van der Waals surface area contributed by atoms with Crippen molar-refractivity contribution in [2.75, 3.05) is 33.5 Å². The number of ether oxygens (including phenoxy) is 2. The number of para-hydroxylation sites is 2. The van der Waals surface area contributed by atoms with E-state index in [9.17, 15) is 13.2 Å². The Bertz CT molecular complexity index is 1940. The van der Waals surface area contributed by atoms with Crippen LogP contribution in [0.15, 0.2) is 83.8 Å². The summed E-state index contributed by atoms with van der Waals surface area (Å²) in [5, 5.41) is 8.20. The SMILES string of the molecule is COc1ccccc1NC(=O)Nc1nc(Nc2ccc(S(=O)(=O)Nc3nc(C)cc(C)n3)cc2)nc(Oc2cccc(N)c2)n1. The van der Waals surface area contributed by atoms with Gasteiger partial charge in [0.1, 0.15) is 11.5 Å². The van der Waals surface area contributed by atoms with E-state index in [1.54, 1.807) is 68.4 Å². The minimum Gasteiger partial charge on any atom is -0.495 e. The molecule has 0 saturated heterocycles. The highest BCUT2D eigenvalue weighted by Gasteiger charge is 2.17. The van der Waals surface area contributed by atoms with Crippen LogP contribution >= 0.6 is 0 Å². The van der Waals surface area contributed by atoms with Crippen LogP contribution in [0.1, 0.15) is 11.4 Å². The lowest BCUT2D eigenvalue weighted by Crippen LogP contribution is -2.22. The van der Waals surface area contributed by atoms with Crippen LogP contribution < -0.4 is 35.9 Å². The third-order valence-corrected chi connectivity index (χ3v) is 7.24. The molecule has 5 rings (SSSR count). The number of nitrogens with zero attached hydrogens (tertiary/aromatic N) is 5. The first-order chi connectivity index (χ1) is 21.6. The maximum atomic E-state index is 12.9. The Kier molecular flexibility index (Phi) is 8.85. The Morgan fingerprint density at radius 2 is 1.49 bits per heavy atom. The van der Waals surface area contributed by atoms with Crippen LogP contribution in [0.25, 0.3) is 0 Å². The highest BCUT2D eigenvalue weighted by Crippen LogP contribution is 2.26. The summed E-state index contributed by atoms with van der Waals surface area (Å²) in [4.78, 5) is 33.8. The van der Waals surface area contributed by atoms with Gasteiger partial charge in [-0.3, -0.25) is 5.32 Å². The monoisotopic (exact) mass is 628 g/mol. The van der Waals surface area contributed by atoms with E-state index in [1.807, 2.05) is 0 Å². The van der Waals surface area contributed by atoms with Gasteiger partial charge in [0, 0.05) is 28.8 Å². The van der Waals surface area contributed by atoms with Crippen molar-refractivity contribution < 1.29 is 22.7 Å². The zero-order chi connectivity index (χ0) is 32.0. The number of carbonyl (C=O) groups is 1. The number of aromatic nitrogens is 5. The number of nitrogen functional groups attached to an aromatic ring is 1. The second-order valence-electron chi connectivity index (χ2n) is 9.45. The Morgan fingerprint density at radius 3 is 2.20 bits per heavy atom. The molecule has 0 spiro atoms. The van der Waals surface area contributed by atoms with Crippen LogP contribution in [-0.2, 0) is 10.0 Å². The Balaban J connectivity index is 1.37. The summed E-state index contributed by atoms with van der Waals surface area (Å²) in [6, 6.07) is 20.2. The van der Waals surface area contributed by atoms with Crippen LogP contribution in [0, 0.1) is 13.8 Å². The van der Waals surface area contributed by atoms with Gasteiger partial charge in [-0.25, -0.2) is 27.9 Å². The van der Waals surface area contributed by atoms with Crippen molar-refractivity contribution in [3.8, 4) is 17.5 Å². The number of urea groups is 1. The summed E-state index contributed by atoms with van der Waals surface area (Å²) < 4.78 is 39.3. The third kappa shape index (κ3) is 8.08. The van der Waals surface area contributed by atoms with E-state index in [2.05, 4.69) is 45.6 Å². The van der Waals surface area contributed by atoms with E-state index >= 15 is 0 Å². The standard InChI is InChI=1S/C29H28N10O5S/c1-17-15-18(2)32-27(31-17)39-45(41,42)22-13-11-20(12-14-22)33-25-35-26(36-28(40)34-23-9-4-5-10-24(23)43-3)38-29(37-25)44-21-8-6-7-19(30)16-21/h4-16H,30H2,1-3H3,(H,31,32,39)(H3,33,34,35,36,37,38,40). The number of amides is 2. The number of hydrogen-bond donors (Lipinski definition) is 5. The molecule has 0 radical (unpaired) electrons. The van der Waals surface area contributed by atoms with Crippen LogP contribution in [-0.4, -0.2) is 46.5 Å². The van der Waals surface area contributed by atoms with Gasteiger partial charge in [-0.15, -0.1) is 0 Å². The lowest BCUT2D eigenvalue weighted by Gasteiger charge is -2.12. The molecule has 45 heavy (non-hydrogen) atoms. The summed E-state index contributed by atoms with van der Waals surface area (Å²) in [6.07, 6.45) is 0. The van der Waals surface area contributed by atoms with Crippen molar-refractivity contribution in [2.24, 2.45) is 0 Å². The molecule has 2 heterocycles. The number of nitrogens with two attached hydrogens (primary N) is 1. The maximum absolute atomic E-state index is 12.9. The molecule has 230 valence electrons. The zero-order valence-electron chi connectivity index (χ0n) is 24.3. The van der Waals surface area contributed by atoms with Gasteiger partial charge in [-0.05, 0) is 68.4 Å². The van der Waals surface area contributed by atoms with Gasteiger partial charge in [-0.2, -0.15) is 15.0 Å². The van der Waals surface area contributed by atoms with Crippen molar-refractivity contribution in [1.29, 1.82) is 0 Å². The molecule has 16 heteroatoms. The van der Waals surface area contributed by atoms with Crippen LogP contribution in [0.4, 0.5) is 39.7 Å². The quantitative estimate of drug-likeness (QED) is 0.132. The Labute approximate surface area is 258 Å². The van der Waals surface area contributed by atoms with Gasteiger partial charge in [0.2, 0.25) is 17.8 Å². The molecule has 2 amide bonds. The number of hydrogen-bond acceptors (Lipinski definition) is 12. The third-order valence-electron chi connectivity index (χ3n) is 5.89. The van der Waals surface area contributed by atoms with Gasteiger partial charge in [0.05, 0.1) is 17.7 Å². The maximum Gasteiger partial charge on any atom is 0.328 e. The van der Waals surface area contributed by atoms with E-state index in [-0.39, 0.29) is 28.8 Å². The van der Waals surface area contributed by atoms with Gasteiger partial charge in [-0.1, -0.05) is 18.2 Å². The fourth-order valence-corrected chi connectivity index (χ4v) is 4.94. The molecule has 0 aliphatic carbocycles. The fraction of sp³-hybridized carbons (Fsp3) is 0.103. The Morgan fingerprint density at radius 1 is 0.778 bits per heavy atom. The molecule has 3 aromatic carbocycles. The molecule has 0 atom stereocenters. The molecule has 0 bridgehead atoms. The summed E-state index contributed by atoms with van der Waals surface area (Å²) in [5.41, 5.74) is 8.43. The number of methoxy groups -OCH3 is 1. The van der Waals surface area contributed by atoms with Gasteiger partial charge >= 0.3 is 12.0 Å². The van der Waals surface area contributed by atoms with Crippen LogP contribution in [0.5, 0.6) is 17.5 Å². The fourth-order valence-electron chi connectivity index (χ4n) is 4.00. The molecule has 0 aliphatic heterocycles. The van der Waals surface area contributed by atoms with Crippen LogP contribution in [0.3, 0.4) is 0 Å². The second kappa shape index (κ2) is 13.1. The van der Waals surface area contributed by atoms with Gasteiger partial charge in [0.15, 0.2) is 0 Å². The predicted octanol–water partition coefficient (Wildman–Crippen LogP) is 4.85. The summed E-state index contributed by atoms with van der Waals surface area (Å²) in [7, 11) is -2.48. The lowest BCUT2D eigenvalue weighted by molar-refractivity contribution is 0.262. The molecule has 2 aromatic heterocycles. The molecular formula is C29H28N10O5S. The first kappa shape index (κ1) is 30.4. The number of carbonyl (C=O) groups excluding carboxylic acids is 1. The second-order valence-corrected chi connectivity index (χ2v) is 11.1. The largest absolute Gasteiger partial charge is 0.495 e. The van der Waals surface area contributed by atoms with E-state index in [0.29, 0.717) is 39.9 Å². The van der Waals surface area contributed by atoms with Crippen LogP contribution in [0.2, 0.25) is 0 Å². The molecule has 0 fully saturated rings. The van der Waals surface area contributed by atoms with Crippen molar-refractivity contribution >= 4 is 51.0 Å². The minimum absolute atomic E-state index is 0.00568. The Hall–Kier alpha value is -6.03. The molecule has 15 nitrogen and oxygen atoms in total. The number of sulfonamides is 1. The smallest absolute Gasteiger partial charge is 0.328 e. The average molecular weight is 629 g/mol. The van der Waals surface area contributed by atoms with Gasteiger partial charge in [0.25, 0.3) is 10.0 Å². The number of aryl methyl sites for hydroxylation is 2. The molecule has 0 saturated carbocycles. The first-order valence-electron chi connectivity index (χ1n) is 13.3. The predicted molar refractivity (Wildman–Crippen MR) is 168 cm³/mol. The van der Waals surface area contributed by atoms with Crippen molar-refractivity contribution in [3.05, 3.63) is 90.3 Å². The van der Waals surface area contributed by atoms with E-state index < -0.39 is 16.1 Å². The normalized spacial score (nSPS) is 10.9. The highest BCUT2D eigenvalue weighted by molar-refractivity contribution is 7.92. The van der Waals surface area contributed by atoms with Crippen molar-refractivity contribution in [1.82, 2.24) is 24.9 Å². The number of benzene rings is 3. The first-order valence-corrected chi connectivity index (χ1v) is 14.8. The van der Waals surface area contributed by atoms with Gasteiger partial charge < -0.3 is 25.8 Å². The average Bonchev–Trinajstić information content (AvgIpc) is 2.97. The van der Waals surface area contributed by atoms with Crippen molar-refractivity contribution in [3.63, 3.8) is 0 Å². The molecule has 5 aromatic rings. The topological polar surface area (TPSA) is 208 Å².